The first-order valence-electron chi connectivity index (χ1n) is 6.93. The molecule has 2 N–H and O–H groups in total. The van der Waals surface area contributed by atoms with E-state index >= 15 is 0 Å². The number of amides is 1. The van der Waals surface area contributed by atoms with E-state index in [-0.39, 0.29) is 11.3 Å². The lowest BCUT2D eigenvalue weighted by Crippen LogP contribution is -2.12. The Balaban J connectivity index is 1.90. The summed E-state index contributed by atoms with van der Waals surface area (Å²) < 4.78 is 14.8. The molecular weight excluding hydrogens is 297 g/mol. The molecule has 0 aliphatic heterocycles. The smallest absolute Gasteiger partial charge is 0.255 e. The summed E-state index contributed by atoms with van der Waals surface area (Å²) in [5.41, 5.74) is 1.97. The summed E-state index contributed by atoms with van der Waals surface area (Å²) in [6, 6.07) is 11.9. The third kappa shape index (κ3) is 3.06. The van der Waals surface area contributed by atoms with E-state index in [9.17, 15) is 14.3 Å². The second-order valence-corrected chi connectivity index (χ2v) is 5.04. The van der Waals surface area contributed by atoms with Gasteiger partial charge in [-0.05, 0) is 42.5 Å². The standard InChI is InChI=1S/C17H14FN3O2/c1-21-15(7-8-19-21)14-10-13(5-6-16(14)22)20-17(23)11-3-2-4-12(18)9-11/h2-10,22H,1H3,(H,20,23). The Hall–Kier alpha value is -3.15. The van der Waals surface area contributed by atoms with Crippen molar-refractivity contribution < 1.29 is 14.3 Å². The minimum absolute atomic E-state index is 0.0809. The molecule has 5 nitrogen and oxygen atoms in total. The number of carbonyl (C=O) groups is 1. The number of hydrogen-bond donors (Lipinski definition) is 2. The van der Waals surface area contributed by atoms with Crippen molar-refractivity contribution in [2.75, 3.05) is 5.32 Å². The molecule has 0 spiro atoms. The normalized spacial score (nSPS) is 10.5. The first-order chi connectivity index (χ1) is 11.0. The van der Waals surface area contributed by atoms with E-state index in [2.05, 4.69) is 10.4 Å². The highest BCUT2D eigenvalue weighted by molar-refractivity contribution is 6.04. The number of phenolic OH excluding ortho intramolecular Hbond substituents is 1. The van der Waals surface area contributed by atoms with Crippen LogP contribution in [0.5, 0.6) is 5.75 Å². The number of aromatic nitrogens is 2. The lowest BCUT2D eigenvalue weighted by Gasteiger charge is -2.10. The highest BCUT2D eigenvalue weighted by Gasteiger charge is 2.12. The zero-order chi connectivity index (χ0) is 16.4. The van der Waals surface area contributed by atoms with Crippen molar-refractivity contribution in [3.05, 3.63) is 66.1 Å². The van der Waals surface area contributed by atoms with Crippen LogP contribution in [0.2, 0.25) is 0 Å². The SMILES string of the molecule is Cn1nccc1-c1cc(NC(=O)c2cccc(F)c2)ccc1O. The van der Waals surface area contributed by atoms with Gasteiger partial charge in [-0.25, -0.2) is 4.39 Å². The van der Waals surface area contributed by atoms with Gasteiger partial charge in [0.2, 0.25) is 0 Å². The predicted molar refractivity (Wildman–Crippen MR) is 84.7 cm³/mol. The van der Waals surface area contributed by atoms with Gasteiger partial charge in [-0.3, -0.25) is 9.48 Å². The molecule has 0 aliphatic rings. The van der Waals surface area contributed by atoms with Gasteiger partial charge in [0.1, 0.15) is 11.6 Å². The molecule has 3 aromatic rings. The number of aryl methyl sites for hydroxylation is 1. The summed E-state index contributed by atoms with van der Waals surface area (Å²) >= 11 is 0. The van der Waals surface area contributed by atoms with E-state index in [1.165, 1.54) is 24.3 Å². The number of phenols is 1. The molecule has 0 atom stereocenters. The van der Waals surface area contributed by atoms with E-state index in [1.54, 1.807) is 36.1 Å². The van der Waals surface area contributed by atoms with Crippen molar-refractivity contribution in [3.63, 3.8) is 0 Å². The molecule has 0 saturated carbocycles. The molecule has 0 radical (unpaired) electrons. The number of halogens is 1. The average molecular weight is 311 g/mol. The highest BCUT2D eigenvalue weighted by atomic mass is 19.1. The fraction of sp³-hybridized carbons (Fsp3) is 0.0588. The van der Waals surface area contributed by atoms with Crippen molar-refractivity contribution in [1.29, 1.82) is 0 Å². The second-order valence-electron chi connectivity index (χ2n) is 5.04. The number of nitrogens with one attached hydrogen (secondary N) is 1. The second kappa shape index (κ2) is 5.92. The van der Waals surface area contributed by atoms with Crippen molar-refractivity contribution in [3.8, 4) is 17.0 Å². The topological polar surface area (TPSA) is 67.2 Å². The van der Waals surface area contributed by atoms with Crippen molar-refractivity contribution >= 4 is 11.6 Å². The summed E-state index contributed by atoms with van der Waals surface area (Å²) in [6.45, 7) is 0. The first-order valence-corrected chi connectivity index (χ1v) is 6.93. The molecule has 3 rings (SSSR count). The summed E-state index contributed by atoms with van der Waals surface area (Å²) in [4.78, 5) is 12.2. The van der Waals surface area contributed by atoms with E-state index in [0.29, 0.717) is 16.9 Å². The molecule has 1 heterocycles. The largest absolute Gasteiger partial charge is 0.507 e. The fourth-order valence-corrected chi connectivity index (χ4v) is 2.29. The van der Waals surface area contributed by atoms with Crippen molar-refractivity contribution in [1.82, 2.24) is 9.78 Å². The predicted octanol–water partition coefficient (Wildman–Crippen LogP) is 3.18. The van der Waals surface area contributed by atoms with Crippen LogP contribution < -0.4 is 5.32 Å². The lowest BCUT2D eigenvalue weighted by molar-refractivity contribution is 0.102. The fourth-order valence-electron chi connectivity index (χ4n) is 2.29. The molecule has 0 bridgehead atoms. The van der Waals surface area contributed by atoms with Crippen LogP contribution in [-0.4, -0.2) is 20.8 Å². The summed E-state index contributed by atoms with van der Waals surface area (Å²) in [5.74, 6) is -0.817. The summed E-state index contributed by atoms with van der Waals surface area (Å²) in [6.07, 6.45) is 1.62. The highest BCUT2D eigenvalue weighted by Crippen LogP contribution is 2.31. The Morgan fingerprint density at radius 3 is 2.74 bits per heavy atom. The summed E-state index contributed by atoms with van der Waals surface area (Å²) in [5, 5.41) is 16.8. The van der Waals surface area contributed by atoms with Gasteiger partial charge < -0.3 is 10.4 Å². The van der Waals surface area contributed by atoms with Crippen LogP contribution in [0.15, 0.2) is 54.7 Å². The number of anilines is 1. The number of benzene rings is 2. The molecule has 0 aliphatic carbocycles. The monoisotopic (exact) mass is 311 g/mol. The molecule has 0 saturated heterocycles. The van der Waals surface area contributed by atoms with Crippen molar-refractivity contribution in [2.24, 2.45) is 7.05 Å². The molecular formula is C17H14FN3O2. The average Bonchev–Trinajstić information content (AvgIpc) is 2.95. The quantitative estimate of drug-likeness (QED) is 0.730. The Morgan fingerprint density at radius 2 is 2.04 bits per heavy atom. The molecule has 23 heavy (non-hydrogen) atoms. The number of aromatic hydroxyl groups is 1. The van der Waals surface area contributed by atoms with Crippen LogP contribution in [0, 0.1) is 5.82 Å². The number of rotatable bonds is 3. The molecule has 2 aromatic carbocycles. The van der Waals surface area contributed by atoms with E-state index < -0.39 is 11.7 Å². The molecule has 0 unspecified atom stereocenters. The first kappa shape index (κ1) is 14.8. The van der Waals surface area contributed by atoms with Gasteiger partial charge in [0.15, 0.2) is 0 Å². The van der Waals surface area contributed by atoms with Crippen LogP contribution in [0.1, 0.15) is 10.4 Å². The van der Waals surface area contributed by atoms with Crippen LogP contribution in [0.25, 0.3) is 11.3 Å². The third-order valence-corrected chi connectivity index (χ3v) is 3.44. The van der Waals surface area contributed by atoms with Gasteiger partial charge in [0.05, 0.1) is 5.69 Å². The molecule has 1 aromatic heterocycles. The maximum atomic E-state index is 13.2. The zero-order valence-corrected chi connectivity index (χ0v) is 12.3. The summed E-state index contributed by atoms with van der Waals surface area (Å²) in [7, 11) is 1.76. The van der Waals surface area contributed by atoms with Crippen LogP contribution in [-0.2, 0) is 7.05 Å². The molecule has 6 heteroatoms. The van der Waals surface area contributed by atoms with Gasteiger partial charge in [-0.2, -0.15) is 5.10 Å². The maximum Gasteiger partial charge on any atom is 0.255 e. The Labute approximate surface area is 132 Å². The number of hydrogen-bond acceptors (Lipinski definition) is 3. The number of nitrogens with zero attached hydrogens (tertiary/aromatic N) is 2. The minimum Gasteiger partial charge on any atom is -0.507 e. The Morgan fingerprint density at radius 1 is 1.22 bits per heavy atom. The number of carbonyl (C=O) groups excluding carboxylic acids is 1. The van der Waals surface area contributed by atoms with Crippen LogP contribution in [0.3, 0.4) is 0 Å². The molecule has 116 valence electrons. The van der Waals surface area contributed by atoms with Gasteiger partial charge in [0.25, 0.3) is 5.91 Å². The molecule has 1 amide bonds. The zero-order valence-electron chi connectivity index (χ0n) is 12.3. The Bertz CT molecular complexity index is 874. The van der Waals surface area contributed by atoms with Gasteiger partial charge >= 0.3 is 0 Å². The minimum atomic E-state index is -0.473. The van der Waals surface area contributed by atoms with E-state index in [1.807, 2.05) is 0 Å². The van der Waals surface area contributed by atoms with E-state index in [4.69, 9.17) is 0 Å². The van der Waals surface area contributed by atoms with Gasteiger partial charge in [0, 0.05) is 30.1 Å². The van der Waals surface area contributed by atoms with Gasteiger partial charge in [-0.15, -0.1) is 0 Å². The third-order valence-electron chi connectivity index (χ3n) is 3.44. The molecule has 0 fully saturated rings. The van der Waals surface area contributed by atoms with E-state index in [0.717, 1.165) is 6.07 Å². The maximum absolute atomic E-state index is 13.2. The van der Waals surface area contributed by atoms with Crippen LogP contribution in [0.4, 0.5) is 10.1 Å². The van der Waals surface area contributed by atoms with Crippen molar-refractivity contribution in [2.45, 2.75) is 0 Å². The lowest BCUT2D eigenvalue weighted by atomic mass is 10.1. The van der Waals surface area contributed by atoms with Crippen LogP contribution >= 0.6 is 0 Å². The van der Waals surface area contributed by atoms with Gasteiger partial charge in [-0.1, -0.05) is 6.07 Å². The Kier molecular flexibility index (Phi) is 3.80.